The van der Waals surface area contributed by atoms with E-state index in [1.807, 2.05) is 20.8 Å². The summed E-state index contributed by atoms with van der Waals surface area (Å²) in [5.41, 5.74) is -0.0762. The summed E-state index contributed by atoms with van der Waals surface area (Å²) in [6, 6.07) is 0. The molecular weight excluding hydrogens is 154 g/mol. The molecule has 0 fully saturated rings. The van der Waals surface area contributed by atoms with E-state index in [-0.39, 0.29) is 5.60 Å². The van der Waals surface area contributed by atoms with Crippen molar-refractivity contribution >= 4 is 0 Å². The molecule has 68 valence electrons. The van der Waals surface area contributed by atoms with Crippen LogP contribution in [0.25, 0.3) is 0 Å². The van der Waals surface area contributed by atoms with Crippen molar-refractivity contribution in [2.24, 2.45) is 0 Å². The summed E-state index contributed by atoms with van der Waals surface area (Å²) in [5.74, 6) is 0. The van der Waals surface area contributed by atoms with Gasteiger partial charge in [-0.05, 0) is 20.8 Å². The number of hydrogen-bond donors (Lipinski definition) is 0. The Morgan fingerprint density at radius 2 is 1.83 bits per heavy atom. The molecule has 1 aromatic heterocycles. The molecule has 0 radical (unpaired) electrons. The quantitative estimate of drug-likeness (QED) is 0.680. The van der Waals surface area contributed by atoms with Crippen LogP contribution < -0.4 is 0 Å². The second-order valence-corrected chi connectivity index (χ2v) is 3.59. The fraction of sp³-hybridized carbons (Fsp3) is 0.750. The molecule has 1 rings (SSSR count). The van der Waals surface area contributed by atoms with Crippen LogP contribution in [0.4, 0.5) is 0 Å². The molecule has 0 amide bonds. The van der Waals surface area contributed by atoms with Gasteiger partial charge in [-0.1, -0.05) is 0 Å². The van der Waals surface area contributed by atoms with Gasteiger partial charge in [-0.3, -0.25) is 0 Å². The minimum absolute atomic E-state index is 0.0762. The smallest absolute Gasteiger partial charge is 0.0841 e. The van der Waals surface area contributed by atoms with Crippen molar-refractivity contribution < 1.29 is 4.74 Å². The maximum absolute atomic E-state index is 5.50. The van der Waals surface area contributed by atoms with E-state index in [0.29, 0.717) is 13.2 Å². The zero-order chi connectivity index (χ0) is 9.03. The highest BCUT2D eigenvalue weighted by Gasteiger charge is 2.09. The molecule has 4 nitrogen and oxygen atoms in total. The Morgan fingerprint density at radius 3 is 2.33 bits per heavy atom. The molecule has 0 N–H and O–H groups in total. The topological polar surface area (TPSA) is 39.9 Å². The molecule has 0 unspecified atom stereocenters. The van der Waals surface area contributed by atoms with Crippen molar-refractivity contribution in [1.82, 2.24) is 15.0 Å². The molecule has 0 atom stereocenters. The minimum Gasteiger partial charge on any atom is -0.374 e. The Kier molecular flexibility index (Phi) is 2.81. The second-order valence-electron chi connectivity index (χ2n) is 3.59. The third-order valence-electron chi connectivity index (χ3n) is 1.29. The van der Waals surface area contributed by atoms with Crippen LogP contribution in [0.15, 0.2) is 12.4 Å². The first-order chi connectivity index (χ1) is 5.58. The van der Waals surface area contributed by atoms with Crippen LogP contribution in [-0.2, 0) is 11.3 Å². The van der Waals surface area contributed by atoms with E-state index in [1.165, 1.54) is 0 Å². The standard InChI is InChI=1S/C8H15N3O/c1-8(2,3)12-7-6-11-9-4-5-10-11/h4-5H,6-7H2,1-3H3. The Labute approximate surface area is 72.5 Å². The fourth-order valence-electron chi connectivity index (χ4n) is 0.792. The predicted molar refractivity (Wildman–Crippen MR) is 45.7 cm³/mol. The maximum Gasteiger partial charge on any atom is 0.0841 e. The van der Waals surface area contributed by atoms with E-state index in [0.717, 1.165) is 0 Å². The van der Waals surface area contributed by atoms with E-state index < -0.39 is 0 Å². The molecule has 0 saturated heterocycles. The van der Waals surface area contributed by atoms with E-state index in [1.54, 1.807) is 17.2 Å². The molecule has 0 spiro atoms. The van der Waals surface area contributed by atoms with Gasteiger partial charge in [0.25, 0.3) is 0 Å². The van der Waals surface area contributed by atoms with Gasteiger partial charge in [0.2, 0.25) is 0 Å². The summed E-state index contributed by atoms with van der Waals surface area (Å²) < 4.78 is 5.50. The van der Waals surface area contributed by atoms with Gasteiger partial charge >= 0.3 is 0 Å². The highest BCUT2D eigenvalue weighted by molar-refractivity contribution is 4.61. The van der Waals surface area contributed by atoms with E-state index in [2.05, 4.69) is 10.2 Å². The van der Waals surface area contributed by atoms with E-state index in [4.69, 9.17) is 4.74 Å². The van der Waals surface area contributed by atoms with Gasteiger partial charge in [-0.25, -0.2) is 0 Å². The SMILES string of the molecule is CC(C)(C)OCCn1nccn1. The lowest BCUT2D eigenvalue weighted by Crippen LogP contribution is -2.22. The van der Waals surface area contributed by atoms with Gasteiger partial charge in [0, 0.05) is 0 Å². The largest absolute Gasteiger partial charge is 0.374 e. The molecule has 12 heavy (non-hydrogen) atoms. The third-order valence-corrected chi connectivity index (χ3v) is 1.29. The molecular formula is C8H15N3O. The van der Waals surface area contributed by atoms with Crippen LogP contribution in [-0.4, -0.2) is 27.2 Å². The lowest BCUT2D eigenvalue weighted by atomic mass is 10.2. The molecule has 0 bridgehead atoms. The molecule has 0 aromatic carbocycles. The van der Waals surface area contributed by atoms with Crippen LogP contribution in [0.5, 0.6) is 0 Å². The van der Waals surface area contributed by atoms with Crippen LogP contribution in [0.2, 0.25) is 0 Å². The molecule has 1 aromatic rings. The van der Waals surface area contributed by atoms with Gasteiger partial charge in [0.1, 0.15) is 0 Å². The van der Waals surface area contributed by atoms with E-state index >= 15 is 0 Å². The third kappa shape index (κ3) is 3.48. The normalized spacial score (nSPS) is 11.9. The molecule has 0 saturated carbocycles. The number of ether oxygens (including phenoxy) is 1. The van der Waals surface area contributed by atoms with Crippen LogP contribution >= 0.6 is 0 Å². The summed E-state index contributed by atoms with van der Waals surface area (Å²) in [5, 5.41) is 7.92. The zero-order valence-electron chi connectivity index (χ0n) is 7.82. The number of nitrogens with zero attached hydrogens (tertiary/aromatic N) is 3. The Bertz CT molecular complexity index is 213. The summed E-state index contributed by atoms with van der Waals surface area (Å²) in [6.45, 7) is 7.46. The minimum atomic E-state index is -0.0762. The molecule has 1 heterocycles. The van der Waals surface area contributed by atoms with Crippen molar-refractivity contribution in [3.8, 4) is 0 Å². The lowest BCUT2D eigenvalue weighted by Gasteiger charge is -2.18. The maximum atomic E-state index is 5.50. The average molecular weight is 169 g/mol. The number of rotatable bonds is 3. The Hall–Kier alpha value is -0.900. The highest BCUT2D eigenvalue weighted by atomic mass is 16.5. The first-order valence-electron chi connectivity index (χ1n) is 4.06. The zero-order valence-corrected chi connectivity index (χ0v) is 7.82. The first-order valence-corrected chi connectivity index (χ1v) is 4.06. The molecule has 0 aliphatic heterocycles. The highest BCUT2D eigenvalue weighted by Crippen LogP contribution is 2.05. The predicted octanol–water partition coefficient (Wildman–Crippen LogP) is 1.09. The van der Waals surface area contributed by atoms with Crippen LogP contribution in [0, 0.1) is 0 Å². The number of aromatic nitrogens is 3. The van der Waals surface area contributed by atoms with Gasteiger partial charge in [-0.15, -0.1) is 0 Å². The molecule has 0 aliphatic carbocycles. The monoisotopic (exact) mass is 169 g/mol. The first kappa shape index (κ1) is 9.19. The number of hydrogen-bond acceptors (Lipinski definition) is 3. The van der Waals surface area contributed by atoms with Crippen molar-refractivity contribution in [3.63, 3.8) is 0 Å². The van der Waals surface area contributed by atoms with Crippen molar-refractivity contribution in [2.75, 3.05) is 6.61 Å². The van der Waals surface area contributed by atoms with Gasteiger partial charge in [0.05, 0.1) is 31.1 Å². The summed E-state index contributed by atoms with van der Waals surface area (Å²) >= 11 is 0. The van der Waals surface area contributed by atoms with Crippen molar-refractivity contribution in [2.45, 2.75) is 32.9 Å². The Morgan fingerprint density at radius 1 is 1.25 bits per heavy atom. The van der Waals surface area contributed by atoms with Gasteiger partial charge in [-0.2, -0.15) is 15.0 Å². The summed E-state index contributed by atoms with van der Waals surface area (Å²) in [7, 11) is 0. The fourth-order valence-corrected chi connectivity index (χ4v) is 0.792. The van der Waals surface area contributed by atoms with Crippen LogP contribution in [0.1, 0.15) is 20.8 Å². The Balaban J connectivity index is 2.20. The molecule has 0 aliphatic rings. The second kappa shape index (κ2) is 3.67. The van der Waals surface area contributed by atoms with Gasteiger partial charge in [0.15, 0.2) is 0 Å². The summed E-state index contributed by atoms with van der Waals surface area (Å²) in [4.78, 5) is 1.62. The average Bonchev–Trinajstić information content (AvgIpc) is 2.36. The molecule has 4 heteroatoms. The van der Waals surface area contributed by atoms with E-state index in [9.17, 15) is 0 Å². The van der Waals surface area contributed by atoms with Crippen molar-refractivity contribution in [3.05, 3.63) is 12.4 Å². The van der Waals surface area contributed by atoms with Gasteiger partial charge < -0.3 is 4.74 Å². The van der Waals surface area contributed by atoms with Crippen molar-refractivity contribution in [1.29, 1.82) is 0 Å². The lowest BCUT2D eigenvalue weighted by molar-refractivity contribution is -0.00919. The van der Waals surface area contributed by atoms with Crippen LogP contribution in [0.3, 0.4) is 0 Å². The summed E-state index contributed by atoms with van der Waals surface area (Å²) in [6.07, 6.45) is 3.33.